The highest BCUT2D eigenvalue weighted by Gasteiger charge is 2.22. The van der Waals surface area contributed by atoms with Gasteiger partial charge in [-0.1, -0.05) is 303 Å². The number of para-hydroxylation sites is 2. The van der Waals surface area contributed by atoms with Gasteiger partial charge >= 0.3 is 0 Å². The topological polar surface area (TPSA) is 129 Å². The van der Waals surface area contributed by atoms with E-state index in [0.717, 1.165) is 149 Å². The number of rotatable bonds is 11. The van der Waals surface area contributed by atoms with Gasteiger partial charge in [0.1, 0.15) is 22.3 Å². The van der Waals surface area contributed by atoms with Gasteiger partial charge in [0.15, 0.2) is 34.9 Å². The fourth-order valence-electron chi connectivity index (χ4n) is 13.2. The molecule has 0 fully saturated rings. The van der Waals surface area contributed by atoms with Gasteiger partial charge in [0, 0.05) is 66.1 Å². The molecule has 0 atom stereocenters. The Kier molecular flexibility index (Phi) is 15.0. The van der Waals surface area contributed by atoms with Gasteiger partial charge in [-0.2, -0.15) is 0 Å². The zero-order chi connectivity index (χ0) is 66.3. The molecule has 6 aromatic heterocycles. The molecule has 10 heteroatoms. The zero-order valence-electron chi connectivity index (χ0n) is 53.7. The van der Waals surface area contributed by atoms with E-state index in [-0.39, 0.29) is 0 Å². The average molecular weight is 1280 g/mol. The molecule has 0 N–H and O–H groups in total. The standard InChI is InChI=1S/C48H30N4O.C42H26N4O/c1-4-12-31(13-5-1)33-20-24-36(25-21-33)47-50-46(35-16-8-3-9-17-35)51-48(52-47)37-26-22-34(23-27-37)44-43-39-18-10-11-19-42(39)53-45(43)40-30-38(28-29-41(40)49-44)32-14-6-2-7-15-32;1-4-12-27(13-5-1)32-24-25-35-34(26-32)39-37(33-18-10-11-19-36(33)47-39)38(43-35)28-20-22-31(23-21-28)42-45-40(29-14-6-2-7-15-29)44-41(46-42)30-16-8-3-9-17-30/h1-30H;1-26H. The van der Waals surface area contributed by atoms with Crippen molar-refractivity contribution >= 4 is 65.7 Å². The van der Waals surface area contributed by atoms with Gasteiger partial charge in [-0.3, -0.25) is 0 Å². The maximum atomic E-state index is 6.59. The van der Waals surface area contributed by atoms with Crippen LogP contribution in [0.15, 0.2) is 349 Å². The van der Waals surface area contributed by atoms with Crippen molar-refractivity contribution in [3.8, 4) is 124 Å². The lowest BCUT2D eigenvalue weighted by molar-refractivity contribution is 0.672. The van der Waals surface area contributed by atoms with E-state index in [1.54, 1.807) is 0 Å². The molecule has 0 saturated carbocycles. The van der Waals surface area contributed by atoms with Crippen LogP contribution in [0.5, 0.6) is 0 Å². The summed E-state index contributed by atoms with van der Waals surface area (Å²) in [6, 6.07) is 115. The Balaban J connectivity index is 0.000000145. The Labute approximate surface area is 575 Å². The minimum atomic E-state index is 0.603. The summed E-state index contributed by atoms with van der Waals surface area (Å²) < 4.78 is 13.1. The van der Waals surface area contributed by atoms with E-state index >= 15 is 0 Å². The number of aromatic nitrogens is 8. The zero-order valence-corrected chi connectivity index (χ0v) is 53.7. The first-order valence-corrected chi connectivity index (χ1v) is 33.2. The highest BCUT2D eigenvalue weighted by Crippen LogP contribution is 2.44. The molecule has 0 amide bonds. The summed E-state index contributed by atoms with van der Waals surface area (Å²) in [5.74, 6) is 3.73. The Morgan fingerprint density at radius 2 is 0.400 bits per heavy atom. The Bertz CT molecular complexity index is 6160. The molecule has 0 radical (unpaired) electrons. The smallest absolute Gasteiger partial charge is 0.164 e. The molecule has 19 aromatic rings. The monoisotopic (exact) mass is 1280 g/mol. The summed E-state index contributed by atoms with van der Waals surface area (Å²) in [7, 11) is 0. The molecule has 0 unspecified atom stereocenters. The maximum Gasteiger partial charge on any atom is 0.164 e. The third-order valence-corrected chi connectivity index (χ3v) is 18.3. The van der Waals surface area contributed by atoms with Crippen LogP contribution in [-0.2, 0) is 0 Å². The summed E-state index contributed by atoms with van der Waals surface area (Å²) in [4.78, 5) is 40.1. The van der Waals surface area contributed by atoms with E-state index in [1.807, 2.05) is 146 Å². The van der Waals surface area contributed by atoms with Gasteiger partial charge in [0.2, 0.25) is 0 Å². The second kappa shape index (κ2) is 25.5. The molecule has 0 bridgehead atoms. The summed E-state index contributed by atoms with van der Waals surface area (Å²) in [5.41, 5.74) is 21.2. The maximum absolute atomic E-state index is 6.59. The van der Waals surface area contributed by atoms with Crippen molar-refractivity contribution in [3.63, 3.8) is 0 Å². The van der Waals surface area contributed by atoms with Crippen molar-refractivity contribution in [2.24, 2.45) is 0 Å². The second-order valence-corrected chi connectivity index (χ2v) is 24.5. The highest BCUT2D eigenvalue weighted by atomic mass is 16.3. The fraction of sp³-hybridized carbons (Fsp3) is 0. The van der Waals surface area contributed by atoms with E-state index in [1.165, 1.54) is 5.56 Å². The van der Waals surface area contributed by atoms with Crippen LogP contribution < -0.4 is 0 Å². The van der Waals surface area contributed by atoms with E-state index in [0.29, 0.717) is 34.9 Å². The third kappa shape index (κ3) is 11.2. The van der Waals surface area contributed by atoms with Crippen LogP contribution in [0.25, 0.3) is 190 Å². The number of nitrogens with zero attached hydrogens (tertiary/aromatic N) is 8. The van der Waals surface area contributed by atoms with E-state index in [4.69, 9.17) is 48.7 Å². The Morgan fingerprint density at radius 1 is 0.170 bits per heavy atom. The van der Waals surface area contributed by atoms with Crippen molar-refractivity contribution in [2.45, 2.75) is 0 Å². The fourth-order valence-corrected chi connectivity index (χ4v) is 13.2. The molecule has 0 saturated heterocycles. The molecule has 19 rings (SSSR count). The van der Waals surface area contributed by atoms with Crippen molar-refractivity contribution in [2.75, 3.05) is 0 Å². The third-order valence-electron chi connectivity index (χ3n) is 18.3. The lowest BCUT2D eigenvalue weighted by Gasteiger charge is -2.11. The summed E-state index contributed by atoms with van der Waals surface area (Å²) >= 11 is 0. The predicted molar refractivity (Wildman–Crippen MR) is 405 cm³/mol. The van der Waals surface area contributed by atoms with Gasteiger partial charge in [-0.15, -0.1) is 0 Å². The van der Waals surface area contributed by atoms with Gasteiger partial charge in [0.25, 0.3) is 0 Å². The molecule has 0 aliphatic carbocycles. The van der Waals surface area contributed by atoms with Crippen molar-refractivity contribution < 1.29 is 8.83 Å². The van der Waals surface area contributed by atoms with Crippen LogP contribution in [0.2, 0.25) is 0 Å². The molecule has 10 nitrogen and oxygen atoms in total. The van der Waals surface area contributed by atoms with Crippen LogP contribution in [0.3, 0.4) is 0 Å². The molecular weight excluding hydrogens is 1230 g/mol. The Morgan fingerprint density at radius 3 is 0.720 bits per heavy atom. The molecule has 6 heterocycles. The van der Waals surface area contributed by atoms with Gasteiger partial charge in [0.05, 0.1) is 33.2 Å². The van der Waals surface area contributed by atoms with Crippen LogP contribution in [-0.4, -0.2) is 39.9 Å². The van der Waals surface area contributed by atoms with Crippen LogP contribution in [0, 0.1) is 0 Å². The first kappa shape index (κ1) is 58.8. The minimum Gasteiger partial charge on any atom is -0.455 e. The molecule has 468 valence electrons. The first-order valence-electron chi connectivity index (χ1n) is 33.2. The van der Waals surface area contributed by atoms with Crippen LogP contribution in [0.1, 0.15) is 0 Å². The normalized spacial score (nSPS) is 11.4. The molecule has 0 aliphatic rings. The van der Waals surface area contributed by atoms with Gasteiger partial charge < -0.3 is 8.83 Å². The van der Waals surface area contributed by atoms with Crippen molar-refractivity contribution in [1.29, 1.82) is 0 Å². The number of benzene rings is 13. The number of pyridine rings is 2. The largest absolute Gasteiger partial charge is 0.455 e. The summed E-state index contributed by atoms with van der Waals surface area (Å²) in [6.45, 7) is 0. The number of fused-ring (bicyclic) bond motifs is 10. The van der Waals surface area contributed by atoms with Gasteiger partial charge in [-0.25, -0.2) is 39.9 Å². The molecule has 13 aromatic carbocycles. The number of hydrogen-bond donors (Lipinski definition) is 0. The highest BCUT2D eigenvalue weighted by molar-refractivity contribution is 6.21. The predicted octanol–water partition coefficient (Wildman–Crippen LogP) is 23.0. The molecule has 0 spiro atoms. The number of furan rings is 2. The quantitative estimate of drug-likeness (QED) is 0.123. The molecule has 100 heavy (non-hydrogen) atoms. The lowest BCUT2D eigenvalue weighted by atomic mass is 9.99. The number of hydrogen-bond acceptors (Lipinski definition) is 10. The molecular formula is C90H56N8O2. The lowest BCUT2D eigenvalue weighted by Crippen LogP contribution is -2.00. The SMILES string of the molecule is c1ccc(-c2ccc(-c3nc(-c4ccccc4)nc(-c4ccc(-c5nc6ccc(-c7ccccc7)cc6c6oc7ccccc7c56)cc4)n3)cc2)cc1.c1ccc(-c2ccc3nc(-c4ccc(-c5nc(-c6ccccc6)nc(-c6ccccc6)n5)cc4)c4c5ccccc5oc4c3c2)cc1. The van der Waals surface area contributed by atoms with Crippen molar-refractivity contribution in [3.05, 3.63) is 340 Å². The van der Waals surface area contributed by atoms with Gasteiger partial charge in [-0.05, 0) is 69.8 Å². The van der Waals surface area contributed by atoms with Crippen molar-refractivity contribution in [1.82, 2.24) is 39.9 Å². The second-order valence-electron chi connectivity index (χ2n) is 24.5. The van der Waals surface area contributed by atoms with Crippen LogP contribution in [0.4, 0.5) is 0 Å². The van der Waals surface area contributed by atoms with E-state index < -0.39 is 0 Å². The Hall–Kier alpha value is -13.7. The van der Waals surface area contributed by atoms with E-state index in [2.05, 4.69) is 194 Å². The minimum absolute atomic E-state index is 0.603. The van der Waals surface area contributed by atoms with Crippen LogP contribution >= 0.6 is 0 Å². The summed E-state index contributed by atoms with van der Waals surface area (Å²) in [5, 5.41) is 6.06. The van der Waals surface area contributed by atoms with E-state index in [9.17, 15) is 0 Å². The molecule has 0 aliphatic heterocycles. The average Bonchev–Trinajstić information content (AvgIpc) is 1.55. The summed E-state index contributed by atoms with van der Waals surface area (Å²) in [6.07, 6.45) is 0. The first-order chi connectivity index (χ1) is 49.5.